The van der Waals surface area contributed by atoms with Crippen molar-refractivity contribution in [3.05, 3.63) is 24.3 Å². The maximum atomic E-state index is 12.1. The van der Waals surface area contributed by atoms with E-state index in [4.69, 9.17) is 9.26 Å². The van der Waals surface area contributed by atoms with E-state index in [0.29, 0.717) is 11.0 Å². The molecule has 21 heavy (non-hydrogen) atoms. The van der Waals surface area contributed by atoms with Gasteiger partial charge in [0, 0.05) is 0 Å². The number of ether oxygens (including phenoxy) is 1. The van der Waals surface area contributed by atoms with Gasteiger partial charge in [0.05, 0.1) is 12.0 Å². The number of carbonyl (C=O) groups excluding carboxylic acids is 2. The molecule has 0 aliphatic heterocycles. The highest BCUT2D eigenvalue weighted by molar-refractivity contribution is 7.78. The first-order valence-electron chi connectivity index (χ1n) is 6.34. The number of anilines is 1. The molecule has 0 fully saturated rings. The Morgan fingerprint density at radius 1 is 1.48 bits per heavy atom. The lowest BCUT2D eigenvalue weighted by Crippen LogP contribution is -2.40. The Morgan fingerprint density at radius 3 is 2.90 bits per heavy atom. The Labute approximate surface area is 126 Å². The number of hydrogen-bond donors (Lipinski definition) is 2. The van der Waals surface area contributed by atoms with Crippen LogP contribution in [0.1, 0.15) is 13.8 Å². The summed E-state index contributed by atoms with van der Waals surface area (Å²) in [7, 11) is 0. The van der Waals surface area contributed by atoms with E-state index in [1.54, 1.807) is 31.2 Å². The summed E-state index contributed by atoms with van der Waals surface area (Å²) in [4.78, 5) is 23.6. The van der Waals surface area contributed by atoms with Crippen molar-refractivity contribution < 1.29 is 18.8 Å². The van der Waals surface area contributed by atoms with Gasteiger partial charge < -0.3 is 9.26 Å². The highest BCUT2D eigenvalue weighted by atomic mass is 32.1. The Kier molecular flexibility index (Phi) is 4.69. The fourth-order valence-corrected chi connectivity index (χ4v) is 1.82. The monoisotopic (exact) mass is 309 g/mol. The van der Waals surface area contributed by atoms with Crippen LogP contribution in [-0.4, -0.2) is 34.1 Å². The lowest BCUT2D eigenvalue weighted by atomic mass is 10.2. The summed E-state index contributed by atoms with van der Waals surface area (Å²) in [5, 5.41) is 6.98. The predicted octanol–water partition coefficient (Wildman–Crippen LogP) is 2.46. The Balaban J connectivity index is 2.09. The van der Waals surface area contributed by atoms with Gasteiger partial charge in [0.25, 0.3) is 0 Å². The van der Waals surface area contributed by atoms with Gasteiger partial charge in [0.2, 0.25) is 0 Å². The van der Waals surface area contributed by atoms with Crippen LogP contribution in [0.2, 0.25) is 0 Å². The van der Waals surface area contributed by atoms with Crippen LogP contribution < -0.4 is 5.32 Å². The number of esters is 1. The van der Waals surface area contributed by atoms with Crippen molar-refractivity contribution >= 4 is 41.6 Å². The fraction of sp³-hybridized carbons (Fsp3) is 0.308. The van der Waals surface area contributed by atoms with Gasteiger partial charge in [0.15, 0.2) is 11.4 Å². The molecule has 2 amide bonds. The van der Waals surface area contributed by atoms with E-state index < -0.39 is 18.0 Å². The van der Waals surface area contributed by atoms with E-state index in [2.05, 4.69) is 23.3 Å². The van der Waals surface area contributed by atoms with Gasteiger partial charge in [-0.1, -0.05) is 30.1 Å². The molecule has 0 saturated heterocycles. The van der Waals surface area contributed by atoms with Crippen molar-refractivity contribution in [2.45, 2.75) is 19.9 Å². The minimum Gasteiger partial charge on any atom is -0.464 e. The SMILES string of the molecule is CCOC(=O)C(C)N(S)C(=O)Nc1noc2ccccc12. The highest BCUT2D eigenvalue weighted by Gasteiger charge is 2.25. The molecule has 7 nitrogen and oxygen atoms in total. The summed E-state index contributed by atoms with van der Waals surface area (Å²) in [6.07, 6.45) is 0. The molecule has 1 N–H and O–H groups in total. The van der Waals surface area contributed by atoms with Crippen molar-refractivity contribution in [2.24, 2.45) is 0 Å². The fourth-order valence-electron chi connectivity index (χ4n) is 1.67. The molecule has 0 aliphatic carbocycles. The van der Waals surface area contributed by atoms with Crippen molar-refractivity contribution in [2.75, 3.05) is 11.9 Å². The molecule has 1 aromatic carbocycles. The van der Waals surface area contributed by atoms with Crippen molar-refractivity contribution in [1.29, 1.82) is 0 Å². The molecule has 1 aromatic heterocycles. The van der Waals surface area contributed by atoms with E-state index >= 15 is 0 Å². The van der Waals surface area contributed by atoms with Crippen LogP contribution in [0.5, 0.6) is 0 Å². The topological polar surface area (TPSA) is 84.7 Å². The molecule has 0 radical (unpaired) electrons. The van der Waals surface area contributed by atoms with E-state index in [-0.39, 0.29) is 12.4 Å². The molecule has 112 valence electrons. The number of carbonyl (C=O) groups is 2. The standard InChI is InChI=1S/C13H15N3O4S/c1-3-19-12(17)8(2)16(21)13(18)14-11-9-6-4-5-7-10(9)20-15-11/h4-8,21H,3H2,1-2H3,(H,14,15,18). The lowest BCUT2D eigenvalue weighted by molar-refractivity contribution is -0.146. The number of hydrogen-bond acceptors (Lipinski definition) is 6. The number of nitrogens with zero attached hydrogens (tertiary/aromatic N) is 2. The lowest BCUT2D eigenvalue weighted by Gasteiger charge is -2.21. The third kappa shape index (κ3) is 3.27. The molecular formula is C13H15N3O4S. The highest BCUT2D eigenvalue weighted by Crippen LogP contribution is 2.22. The van der Waals surface area contributed by atoms with Gasteiger partial charge in [-0.2, -0.15) is 0 Å². The molecule has 1 unspecified atom stereocenters. The van der Waals surface area contributed by atoms with Crippen LogP contribution in [0.15, 0.2) is 28.8 Å². The number of nitrogens with one attached hydrogen (secondary N) is 1. The molecule has 1 atom stereocenters. The van der Waals surface area contributed by atoms with E-state index in [1.807, 2.05) is 0 Å². The van der Waals surface area contributed by atoms with Crippen LogP contribution >= 0.6 is 12.8 Å². The van der Waals surface area contributed by atoms with E-state index in [9.17, 15) is 9.59 Å². The second-order valence-corrected chi connectivity index (χ2v) is 4.66. The number of fused-ring (bicyclic) bond motifs is 1. The van der Waals surface area contributed by atoms with Crippen molar-refractivity contribution in [3.8, 4) is 0 Å². The van der Waals surface area contributed by atoms with Crippen LogP contribution in [0.25, 0.3) is 11.0 Å². The molecule has 8 heteroatoms. The summed E-state index contributed by atoms with van der Waals surface area (Å²) in [5.74, 6) is -0.265. The molecule has 2 rings (SSSR count). The maximum absolute atomic E-state index is 12.1. The molecule has 0 aliphatic rings. The quantitative estimate of drug-likeness (QED) is 0.669. The number of rotatable bonds is 4. The summed E-state index contributed by atoms with van der Waals surface area (Å²) in [5.41, 5.74) is 0.553. The average molecular weight is 309 g/mol. The molecule has 0 spiro atoms. The van der Waals surface area contributed by atoms with Gasteiger partial charge in [-0.25, -0.2) is 9.59 Å². The Bertz CT molecular complexity index is 658. The minimum absolute atomic E-state index is 0.236. The van der Waals surface area contributed by atoms with Crippen LogP contribution in [0.3, 0.4) is 0 Å². The second-order valence-electron chi connectivity index (χ2n) is 4.23. The minimum atomic E-state index is -0.827. The molecule has 2 aromatic rings. The van der Waals surface area contributed by atoms with Gasteiger partial charge in [0.1, 0.15) is 6.04 Å². The number of para-hydroxylation sites is 1. The maximum Gasteiger partial charge on any atom is 0.333 e. The summed E-state index contributed by atoms with van der Waals surface area (Å²) in [6, 6.07) is 5.67. The van der Waals surface area contributed by atoms with Crippen LogP contribution in [0, 0.1) is 0 Å². The van der Waals surface area contributed by atoms with Crippen LogP contribution in [0.4, 0.5) is 10.6 Å². The molecule has 0 saturated carbocycles. The number of thiol groups is 1. The summed E-state index contributed by atoms with van der Waals surface area (Å²) in [6.45, 7) is 3.45. The number of aromatic nitrogens is 1. The molecular weight excluding hydrogens is 294 g/mol. The Hall–Kier alpha value is -2.22. The first-order valence-corrected chi connectivity index (χ1v) is 6.74. The smallest absolute Gasteiger partial charge is 0.333 e. The number of benzene rings is 1. The van der Waals surface area contributed by atoms with Crippen LogP contribution in [-0.2, 0) is 9.53 Å². The molecule has 1 heterocycles. The van der Waals surface area contributed by atoms with Gasteiger partial charge in [-0.3, -0.25) is 9.62 Å². The van der Waals surface area contributed by atoms with Crippen molar-refractivity contribution in [1.82, 2.24) is 9.46 Å². The molecule has 0 bridgehead atoms. The zero-order valence-corrected chi connectivity index (χ0v) is 12.5. The van der Waals surface area contributed by atoms with Crippen molar-refractivity contribution in [3.63, 3.8) is 0 Å². The number of amides is 2. The van der Waals surface area contributed by atoms with E-state index in [1.165, 1.54) is 6.92 Å². The normalized spacial score (nSPS) is 12.0. The predicted molar refractivity (Wildman–Crippen MR) is 79.9 cm³/mol. The average Bonchev–Trinajstić information content (AvgIpc) is 2.89. The Morgan fingerprint density at radius 2 is 2.19 bits per heavy atom. The zero-order valence-electron chi connectivity index (χ0n) is 11.6. The zero-order chi connectivity index (χ0) is 15.4. The first kappa shape index (κ1) is 15.2. The van der Waals surface area contributed by atoms with Gasteiger partial charge >= 0.3 is 12.0 Å². The van der Waals surface area contributed by atoms with Gasteiger partial charge in [-0.15, -0.1) is 0 Å². The number of urea groups is 1. The summed E-state index contributed by atoms with van der Waals surface area (Å²) < 4.78 is 10.9. The third-order valence-corrected chi connectivity index (χ3v) is 3.33. The largest absolute Gasteiger partial charge is 0.464 e. The van der Waals surface area contributed by atoms with Gasteiger partial charge in [-0.05, 0) is 26.0 Å². The third-order valence-electron chi connectivity index (χ3n) is 2.81. The van der Waals surface area contributed by atoms with E-state index in [0.717, 1.165) is 4.31 Å². The first-order chi connectivity index (χ1) is 10.0. The second kappa shape index (κ2) is 6.49. The summed E-state index contributed by atoms with van der Waals surface area (Å²) >= 11 is 4.02.